The van der Waals surface area contributed by atoms with Gasteiger partial charge < -0.3 is 9.64 Å². The molecule has 1 aliphatic heterocycles. The van der Waals surface area contributed by atoms with Crippen LogP contribution in [0.5, 0.6) is 5.19 Å². The van der Waals surface area contributed by atoms with E-state index in [1.807, 2.05) is 31.5 Å². The zero-order valence-corrected chi connectivity index (χ0v) is 21.4. The van der Waals surface area contributed by atoms with Gasteiger partial charge in [0.25, 0.3) is 5.19 Å². The molecule has 0 aromatic carbocycles. The van der Waals surface area contributed by atoms with Gasteiger partial charge in [0.15, 0.2) is 14.9 Å². The highest BCUT2D eigenvalue weighted by molar-refractivity contribution is 7.90. The number of nitrogens with zero attached hydrogens (tertiary/aromatic N) is 6. The van der Waals surface area contributed by atoms with E-state index in [0.717, 1.165) is 59.6 Å². The number of hydrogen-bond donors (Lipinski definition) is 0. The largest absolute Gasteiger partial charge is 0.467 e. The summed E-state index contributed by atoms with van der Waals surface area (Å²) < 4.78 is 29.5. The van der Waals surface area contributed by atoms with E-state index >= 15 is 0 Å². The average molecular weight is 511 g/mol. The van der Waals surface area contributed by atoms with Crippen LogP contribution in [-0.4, -0.2) is 58.8 Å². The smallest absolute Gasteiger partial charge is 0.276 e. The van der Waals surface area contributed by atoms with Crippen molar-refractivity contribution in [3.8, 4) is 16.5 Å². The number of aromatic nitrogens is 5. The Morgan fingerprint density at radius 1 is 1.03 bits per heavy atom. The van der Waals surface area contributed by atoms with Crippen LogP contribution < -0.4 is 9.64 Å². The Hall–Kier alpha value is -3.18. The van der Waals surface area contributed by atoms with Crippen LogP contribution in [0.1, 0.15) is 25.3 Å². The third-order valence-electron chi connectivity index (χ3n) is 6.19. The zero-order valence-electron chi connectivity index (χ0n) is 19.7. The Kier molecular flexibility index (Phi) is 6.37. The van der Waals surface area contributed by atoms with E-state index in [1.165, 1.54) is 23.6 Å². The van der Waals surface area contributed by atoms with Gasteiger partial charge in [-0.2, -0.15) is 0 Å². The highest BCUT2D eigenvalue weighted by Gasteiger charge is 2.27. The predicted molar refractivity (Wildman–Crippen MR) is 136 cm³/mol. The van der Waals surface area contributed by atoms with Gasteiger partial charge in [-0.1, -0.05) is 11.3 Å². The van der Waals surface area contributed by atoms with Gasteiger partial charge in [0.2, 0.25) is 5.95 Å². The zero-order chi connectivity index (χ0) is 24.6. The standard InChI is InChI=1S/C24H26N6O3S2/c1-15-12-26-23(27-13-15)30-10-8-17(9-11-30)16(2)33-24-29-20-6-5-19(28-22(20)34-24)18-4-7-21(25-14-18)35(3,31)32/h4-7,12-14,16-17H,8-11H2,1-3H3. The highest BCUT2D eigenvalue weighted by Crippen LogP contribution is 2.32. The van der Waals surface area contributed by atoms with Crippen molar-refractivity contribution in [2.45, 2.75) is 37.8 Å². The van der Waals surface area contributed by atoms with E-state index in [0.29, 0.717) is 16.8 Å². The molecule has 1 unspecified atom stereocenters. The molecule has 0 radical (unpaired) electrons. The lowest BCUT2D eigenvalue weighted by Crippen LogP contribution is -2.39. The lowest BCUT2D eigenvalue weighted by Gasteiger charge is -2.34. The molecular weight excluding hydrogens is 484 g/mol. The van der Waals surface area contributed by atoms with Gasteiger partial charge in [0.1, 0.15) is 16.5 Å². The number of pyridine rings is 2. The summed E-state index contributed by atoms with van der Waals surface area (Å²) in [5, 5.41) is 0.647. The molecule has 0 spiro atoms. The molecule has 0 bridgehead atoms. The third-order valence-corrected chi connectivity index (χ3v) is 8.05. The summed E-state index contributed by atoms with van der Waals surface area (Å²) in [6.45, 7) is 5.89. The topological polar surface area (TPSA) is 111 Å². The molecule has 0 amide bonds. The molecule has 9 nitrogen and oxygen atoms in total. The molecule has 1 atom stereocenters. The van der Waals surface area contributed by atoms with Gasteiger partial charge in [0, 0.05) is 43.5 Å². The lowest BCUT2D eigenvalue weighted by atomic mass is 9.92. The van der Waals surface area contributed by atoms with Crippen LogP contribution in [0, 0.1) is 12.8 Å². The maximum absolute atomic E-state index is 11.6. The van der Waals surface area contributed by atoms with Gasteiger partial charge in [0.05, 0.1) is 5.69 Å². The second-order valence-corrected chi connectivity index (χ2v) is 11.8. The normalized spacial score (nSPS) is 15.9. The molecule has 0 saturated carbocycles. The molecule has 35 heavy (non-hydrogen) atoms. The summed E-state index contributed by atoms with van der Waals surface area (Å²) in [5.41, 5.74) is 3.28. The minimum Gasteiger partial charge on any atom is -0.467 e. The van der Waals surface area contributed by atoms with Gasteiger partial charge in [-0.05, 0) is 62.4 Å². The van der Waals surface area contributed by atoms with Crippen LogP contribution in [0.25, 0.3) is 21.6 Å². The first kappa shape index (κ1) is 23.6. The van der Waals surface area contributed by atoms with Crippen LogP contribution >= 0.6 is 11.3 Å². The van der Waals surface area contributed by atoms with E-state index in [4.69, 9.17) is 9.72 Å². The van der Waals surface area contributed by atoms with Crippen molar-refractivity contribution in [1.29, 1.82) is 0 Å². The van der Waals surface area contributed by atoms with Crippen LogP contribution in [0.15, 0.2) is 47.9 Å². The van der Waals surface area contributed by atoms with Crippen LogP contribution in [0.4, 0.5) is 5.95 Å². The molecule has 0 N–H and O–H groups in total. The molecule has 4 aromatic heterocycles. The minimum atomic E-state index is -3.34. The second kappa shape index (κ2) is 9.46. The number of rotatable bonds is 6. The number of ether oxygens (including phenoxy) is 1. The maximum atomic E-state index is 11.6. The number of anilines is 1. The molecule has 5 rings (SSSR count). The fourth-order valence-corrected chi connectivity index (χ4v) is 5.56. The number of sulfone groups is 1. The van der Waals surface area contributed by atoms with Gasteiger partial charge in [-0.15, -0.1) is 0 Å². The third kappa shape index (κ3) is 5.25. The Morgan fingerprint density at radius 2 is 1.77 bits per heavy atom. The second-order valence-electron chi connectivity index (χ2n) is 8.87. The van der Waals surface area contributed by atoms with Crippen LogP contribution in [-0.2, 0) is 9.84 Å². The molecule has 182 valence electrons. The number of thiazole rings is 1. The fraction of sp³-hybridized carbons (Fsp3) is 0.375. The van der Waals surface area contributed by atoms with Crippen LogP contribution in [0.2, 0.25) is 0 Å². The summed E-state index contributed by atoms with van der Waals surface area (Å²) in [5.74, 6) is 1.21. The quantitative estimate of drug-likeness (QED) is 0.381. The molecule has 5 heterocycles. The van der Waals surface area contributed by atoms with Gasteiger partial charge in [-0.3, -0.25) is 0 Å². The minimum absolute atomic E-state index is 0.0313. The first-order valence-electron chi connectivity index (χ1n) is 11.4. The Labute approximate surface area is 208 Å². The maximum Gasteiger partial charge on any atom is 0.276 e. The van der Waals surface area contributed by atoms with Crippen molar-refractivity contribution in [2.75, 3.05) is 24.2 Å². The summed E-state index contributed by atoms with van der Waals surface area (Å²) in [6, 6.07) is 6.97. The van der Waals surface area contributed by atoms with Gasteiger partial charge >= 0.3 is 0 Å². The molecule has 1 fully saturated rings. The highest BCUT2D eigenvalue weighted by atomic mass is 32.2. The van der Waals surface area contributed by atoms with E-state index < -0.39 is 9.84 Å². The van der Waals surface area contributed by atoms with Gasteiger partial charge in [-0.25, -0.2) is 33.3 Å². The Bertz CT molecular complexity index is 1430. The molecule has 0 aliphatic carbocycles. The van der Waals surface area contributed by atoms with E-state index in [1.54, 1.807) is 6.07 Å². The Morgan fingerprint density at radius 3 is 2.43 bits per heavy atom. The molecule has 4 aromatic rings. The summed E-state index contributed by atoms with van der Waals surface area (Å²) in [7, 11) is -3.34. The summed E-state index contributed by atoms with van der Waals surface area (Å²) in [4.78, 5) is 25.2. The van der Waals surface area contributed by atoms with Crippen molar-refractivity contribution in [3.63, 3.8) is 0 Å². The molecular formula is C24H26N6O3S2. The summed E-state index contributed by atoms with van der Waals surface area (Å²) in [6.07, 6.45) is 8.41. The molecule has 1 saturated heterocycles. The Balaban J connectivity index is 1.24. The van der Waals surface area contributed by atoms with E-state index in [2.05, 4.69) is 31.8 Å². The fourth-order valence-electron chi connectivity index (χ4n) is 4.13. The predicted octanol–water partition coefficient (Wildman–Crippen LogP) is 3.94. The van der Waals surface area contributed by atoms with Crippen LogP contribution in [0.3, 0.4) is 0 Å². The molecule has 11 heteroatoms. The van der Waals surface area contributed by atoms with E-state index in [-0.39, 0.29) is 11.1 Å². The van der Waals surface area contributed by atoms with Crippen molar-refractivity contribution in [3.05, 3.63) is 48.4 Å². The summed E-state index contributed by atoms with van der Waals surface area (Å²) >= 11 is 1.41. The SMILES string of the molecule is Cc1cnc(N2CCC(C(C)Oc3nc4ccc(-c5ccc(S(C)(=O)=O)nc5)nc4s3)CC2)nc1. The molecule has 1 aliphatic rings. The first-order chi connectivity index (χ1) is 16.8. The number of aryl methyl sites for hydroxylation is 1. The van der Waals surface area contributed by atoms with E-state index in [9.17, 15) is 8.42 Å². The first-order valence-corrected chi connectivity index (χ1v) is 14.1. The number of piperidine rings is 1. The van der Waals surface area contributed by atoms with Crippen molar-refractivity contribution in [1.82, 2.24) is 24.9 Å². The van der Waals surface area contributed by atoms with Crippen molar-refractivity contribution >= 4 is 37.5 Å². The van der Waals surface area contributed by atoms with Crippen molar-refractivity contribution in [2.24, 2.45) is 5.92 Å². The lowest BCUT2D eigenvalue weighted by molar-refractivity contribution is 0.132. The number of hydrogen-bond acceptors (Lipinski definition) is 10. The average Bonchev–Trinajstić information content (AvgIpc) is 3.25. The monoisotopic (exact) mass is 510 g/mol. The number of fused-ring (bicyclic) bond motifs is 1. The van der Waals surface area contributed by atoms with Crippen molar-refractivity contribution < 1.29 is 13.2 Å².